The van der Waals surface area contributed by atoms with E-state index in [-0.39, 0.29) is 0 Å². The molecule has 0 aromatic heterocycles. The van der Waals surface area contributed by atoms with E-state index in [0.29, 0.717) is 6.04 Å². The van der Waals surface area contributed by atoms with E-state index in [0.717, 1.165) is 0 Å². The van der Waals surface area contributed by atoms with Crippen molar-refractivity contribution < 1.29 is 0 Å². The van der Waals surface area contributed by atoms with Gasteiger partial charge in [-0.3, -0.25) is 0 Å². The summed E-state index contributed by atoms with van der Waals surface area (Å²) >= 11 is 0. The Morgan fingerprint density at radius 1 is 1.06 bits per heavy atom. The van der Waals surface area contributed by atoms with Gasteiger partial charge in [0.15, 0.2) is 0 Å². The second-order valence-electron chi connectivity index (χ2n) is 5.24. The van der Waals surface area contributed by atoms with Crippen molar-refractivity contribution in [3.05, 3.63) is 29.8 Å². The number of hydrogen-bond donors (Lipinski definition) is 1. The van der Waals surface area contributed by atoms with E-state index in [4.69, 9.17) is 0 Å². The maximum atomic E-state index is 3.77. The van der Waals surface area contributed by atoms with Gasteiger partial charge in [0.1, 0.15) is 0 Å². The molecule has 1 heteroatoms. The van der Waals surface area contributed by atoms with Crippen molar-refractivity contribution in [1.29, 1.82) is 0 Å². The molecule has 0 bridgehead atoms. The van der Waals surface area contributed by atoms with Crippen molar-refractivity contribution >= 4 is 5.69 Å². The molecule has 2 rings (SSSR count). The van der Waals surface area contributed by atoms with Crippen LogP contribution < -0.4 is 5.32 Å². The van der Waals surface area contributed by atoms with Crippen molar-refractivity contribution in [1.82, 2.24) is 0 Å². The topological polar surface area (TPSA) is 12.0 Å². The molecule has 0 amide bonds. The Hall–Kier alpha value is -0.980. The van der Waals surface area contributed by atoms with Crippen LogP contribution >= 0.6 is 0 Å². The highest BCUT2D eigenvalue weighted by atomic mass is 14.9. The van der Waals surface area contributed by atoms with Gasteiger partial charge >= 0.3 is 0 Å². The van der Waals surface area contributed by atoms with E-state index in [9.17, 15) is 0 Å². The molecule has 1 saturated carbocycles. The normalized spacial score (nSPS) is 17.7. The number of aryl methyl sites for hydroxylation is 1. The van der Waals surface area contributed by atoms with E-state index >= 15 is 0 Å². The summed E-state index contributed by atoms with van der Waals surface area (Å²) < 4.78 is 0. The molecule has 94 valence electrons. The SMILES string of the molecule is CCCc1ccccc1NC1CCCCCC1. The Kier molecular flexibility index (Phi) is 4.90. The maximum absolute atomic E-state index is 3.77. The molecule has 17 heavy (non-hydrogen) atoms. The highest BCUT2D eigenvalue weighted by molar-refractivity contribution is 5.51. The third-order valence-corrected chi connectivity index (χ3v) is 3.75. The summed E-state index contributed by atoms with van der Waals surface area (Å²) in [5.41, 5.74) is 2.86. The van der Waals surface area contributed by atoms with Crippen LogP contribution in [-0.4, -0.2) is 6.04 Å². The fourth-order valence-electron chi connectivity index (χ4n) is 2.79. The highest BCUT2D eigenvalue weighted by Crippen LogP contribution is 2.23. The molecule has 0 heterocycles. The summed E-state index contributed by atoms with van der Waals surface area (Å²) in [6.07, 6.45) is 10.8. The molecule has 0 aliphatic heterocycles. The minimum Gasteiger partial charge on any atom is -0.382 e. The zero-order valence-corrected chi connectivity index (χ0v) is 11.0. The summed E-state index contributed by atoms with van der Waals surface area (Å²) in [7, 11) is 0. The summed E-state index contributed by atoms with van der Waals surface area (Å²) in [4.78, 5) is 0. The molecule has 0 saturated heterocycles. The first kappa shape index (κ1) is 12.5. The monoisotopic (exact) mass is 231 g/mol. The molecule has 1 aromatic carbocycles. The lowest BCUT2D eigenvalue weighted by molar-refractivity contribution is 0.619. The Bertz CT molecular complexity index is 324. The molecular formula is C16H25N. The Balaban J connectivity index is 2.00. The van der Waals surface area contributed by atoms with Crippen LogP contribution in [0.1, 0.15) is 57.4 Å². The van der Waals surface area contributed by atoms with Gasteiger partial charge in [-0.1, -0.05) is 57.2 Å². The first-order valence-corrected chi connectivity index (χ1v) is 7.24. The molecule has 0 atom stereocenters. The smallest absolute Gasteiger partial charge is 0.0374 e. The minimum absolute atomic E-state index is 0.704. The standard InChI is InChI=1S/C16H25N/c1-2-9-14-10-7-8-13-16(14)17-15-11-5-3-4-6-12-15/h7-8,10,13,15,17H,2-6,9,11-12H2,1H3. The van der Waals surface area contributed by atoms with Gasteiger partial charge < -0.3 is 5.32 Å². The van der Waals surface area contributed by atoms with E-state index in [2.05, 4.69) is 36.5 Å². The van der Waals surface area contributed by atoms with Crippen LogP contribution in [0.25, 0.3) is 0 Å². The van der Waals surface area contributed by atoms with Crippen molar-refractivity contribution in [3.8, 4) is 0 Å². The molecule has 1 N–H and O–H groups in total. The van der Waals surface area contributed by atoms with E-state index < -0.39 is 0 Å². The molecule has 1 aliphatic carbocycles. The zero-order chi connectivity index (χ0) is 11.9. The number of hydrogen-bond acceptors (Lipinski definition) is 1. The lowest BCUT2D eigenvalue weighted by Crippen LogP contribution is -2.19. The van der Waals surface area contributed by atoms with Crippen molar-refractivity contribution in [2.24, 2.45) is 0 Å². The fraction of sp³-hybridized carbons (Fsp3) is 0.625. The van der Waals surface area contributed by atoms with Gasteiger partial charge in [0.25, 0.3) is 0 Å². The van der Waals surface area contributed by atoms with Crippen LogP contribution in [0.2, 0.25) is 0 Å². The molecule has 0 radical (unpaired) electrons. The van der Waals surface area contributed by atoms with Crippen LogP contribution in [0.5, 0.6) is 0 Å². The summed E-state index contributed by atoms with van der Waals surface area (Å²) in [6, 6.07) is 9.52. The van der Waals surface area contributed by atoms with Crippen LogP contribution in [0, 0.1) is 0 Å². The van der Waals surface area contributed by atoms with E-state index in [1.54, 1.807) is 0 Å². The molecule has 1 nitrogen and oxygen atoms in total. The average Bonchev–Trinajstić information content (AvgIpc) is 2.61. The van der Waals surface area contributed by atoms with Crippen LogP contribution in [0.3, 0.4) is 0 Å². The quantitative estimate of drug-likeness (QED) is 0.736. The van der Waals surface area contributed by atoms with E-state index in [1.165, 1.54) is 62.6 Å². The number of anilines is 1. The molecule has 0 unspecified atom stereocenters. The number of rotatable bonds is 4. The van der Waals surface area contributed by atoms with Gasteiger partial charge in [-0.05, 0) is 30.9 Å². The first-order chi connectivity index (χ1) is 8.40. The summed E-state index contributed by atoms with van der Waals surface area (Å²) in [6.45, 7) is 2.25. The van der Waals surface area contributed by atoms with Crippen molar-refractivity contribution in [3.63, 3.8) is 0 Å². The average molecular weight is 231 g/mol. The molecule has 0 spiro atoms. The van der Waals surface area contributed by atoms with E-state index in [1.807, 2.05) is 0 Å². The van der Waals surface area contributed by atoms with Crippen LogP contribution in [0.15, 0.2) is 24.3 Å². The van der Waals surface area contributed by atoms with Gasteiger partial charge in [0.2, 0.25) is 0 Å². The maximum Gasteiger partial charge on any atom is 0.0374 e. The van der Waals surface area contributed by atoms with Gasteiger partial charge in [0.05, 0.1) is 0 Å². The third-order valence-electron chi connectivity index (χ3n) is 3.75. The number of para-hydroxylation sites is 1. The van der Waals surface area contributed by atoms with Crippen molar-refractivity contribution in [2.45, 2.75) is 64.3 Å². The van der Waals surface area contributed by atoms with Gasteiger partial charge in [-0.25, -0.2) is 0 Å². The Morgan fingerprint density at radius 3 is 2.47 bits per heavy atom. The largest absolute Gasteiger partial charge is 0.382 e. The van der Waals surface area contributed by atoms with Gasteiger partial charge in [0, 0.05) is 11.7 Å². The molecule has 1 aliphatic rings. The van der Waals surface area contributed by atoms with Gasteiger partial charge in [-0.2, -0.15) is 0 Å². The number of nitrogens with one attached hydrogen (secondary N) is 1. The summed E-state index contributed by atoms with van der Waals surface area (Å²) in [5.74, 6) is 0. The molecule has 1 fully saturated rings. The molecular weight excluding hydrogens is 206 g/mol. The third kappa shape index (κ3) is 3.76. The van der Waals surface area contributed by atoms with Gasteiger partial charge in [-0.15, -0.1) is 0 Å². The lowest BCUT2D eigenvalue weighted by Gasteiger charge is -2.20. The second kappa shape index (κ2) is 6.68. The molecule has 1 aromatic rings. The second-order valence-corrected chi connectivity index (χ2v) is 5.24. The Morgan fingerprint density at radius 2 is 1.76 bits per heavy atom. The predicted molar refractivity (Wildman–Crippen MR) is 75.5 cm³/mol. The number of benzene rings is 1. The highest BCUT2D eigenvalue weighted by Gasteiger charge is 2.12. The lowest BCUT2D eigenvalue weighted by atomic mass is 10.0. The first-order valence-electron chi connectivity index (χ1n) is 7.24. The fourth-order valence-corrected chi connectivity index (χ4v) is 2.79. The zero-order valence-electron chi connectivity index (χ0n) is 11.0. The minimum atomic E-state index is 0.704. The van der Waals surface area contributed by atoms with Crippen molar-refractivity contribution in [2.75, 3.05) is 5.32 Å². The predicted octanol–water partition coefficient (Wildman–Crippen LogP) is 4.77. The van der Waals surface area contributed by atoms with Crippen LogP contribution in [0.4, 0.5) is 5.69 Å². The summed E-state index contributed by atoms with van der Waals surface area (Å²) in [5, 5.41) is 3.77. The Labute approximate surface area is 106 Å². The van der Waals surface area contributed by atoms with Crippen LogP contribution in [-0.2, 0) is 6.42 Å².